The van der Waals surface area contributed by atoms with E-state index in [0.717, 1.165) is 18.9 Å². The van der Waals surface area contributed by atoms with Crippen molar-refractivity contribution in [2.24, 2.45) is 0 Å². The number of unbranched alkanes of at least 4 members (excludes halogenated alkanes) is 1. The summed E-state index contributed by atoms with van der Waals surface area (Å²) in [6.45, 7) is 2.29. The number of rotatable bonds is 8. The predicted octanol–water partition coefficient (Wildman–Crippen LogP) is 2.93. The Morgan fingerprint density at radius 2 is 1.88 bits per heavy atom. The van der Waals surface area contributed by atoms with Gasteiger partial charge in [0.25, 0.3) is 11.6 Å². The molecule has 2 aromatic rings. The molecule has 2 N–H and O–H groups in total. The number of hydrogen-bond acceptors (Lipinski definition) is 5. The maximum atomic E-state index is 12.3. The Kier molecular flexibility index (Phi) is 6.42. The van der Waals surface area contributed by atoms with E-state index in [0.29, 0.717) is 6.54 Å². The number of nitrogens with zero attached hydrogens (tertiary/aromatic N) is 1. The van der Waals surface area contributed by atoms with Gasteiger partial charge in [-0.05, 0) is 30.7 Å². The second kappa shape index (κ2) is 8.54. The average Bonchev–Trinajstić information content (AvgIpc) is 2.62. The molecule has 0 saturated carbocycles. The average molecular weight is 377 g/mol. The smallest absolute Gasteiger partial charge is 0.270 e. The Labute approximate surface area is 151 Å². The summed E-state index contributed by atoms with van der Waals surface area (Å²) < 4.78 is 27.0. The number of amides is 1. The number of nitrogens with one attached hydrogen (secondary N) is 2. The largest absolute Gasteiger partial charge is 0.322 e. The Balaban J connectivity index is 2.16. The van der Waals surface area contributed by atoms with Crippen LogP contribution in [0.3, 0.4) is 0 Å². The summed E-state index contributed by atoms with van der Waals surface area (Å²) in [5.74, 6) is -0.567. The SMILES string of the molecule is CCCCNS(=O)(=O)c1cccc(NC(=O)c2cccc([N+](=O)[O-])c2)c1. The maximum Gasteiger partial charge on any atom is 0.270 e. The highest BCUT2D eigenvalue weighted by Crippen LogP contribution is 2.18. The first-order valence-electron chi connectivity index (χ1n) is 7.99. The number of benzene rings is 2. The third-order valence-corrected chi connectivity index (χ3v) is 5.00. The Hall–Kier alpha value is -2.78. The maximum absolute atomic E-state index is 12.3. The summed E-state index contributed by atoms with van der Waals surface area (Å²) in [5.41, 5.74) is 0.183. The molecule has 0 radical (unpaired) electrons. The molecule has 0 fully saturated rings. The second-order valence-corrected chi connectivity index (χ2v) is 7.31. The van der Waals surface area contributed by atoms with E-state index in [1.54, 1.807) is 6.07 Å². The van der Waals surface area contributed by atoms with Gasteiger partial charge in [-0.1, -0.05) is 25.5 Å². The van der Waals surface area contributed by atoms with Crippen molar-refractivity contribution in [2.75, 3.05) is 11.9 Å². The van der Waals surface area contributed by atoms with Gasteiger partial charge in [0.15, 0.2) is 0 Å². The molecule has 9 heteroatoms. The van der Waals surface area contributed by atoms with Crippen molar-refractivity contribution in [3.05, 3.63) is 64.2 Å². The number of sulfonamides is 1. The molecule has 138 valence electrons. The standard InChI is InChI=1S/C17H19N3O5S/c1-2-3-10-18-26(24,25)16-9-5-7-14(12-16)19-17(21)13-6-4-8-15(11-13)20(22)23/h4-9,11-12,18H,2-3,10H2,1H3,(H,19,21). The summed E-state index contributed by atoms with van der Waals surface area (Å²) in [6, 6.07) is 11.1. The number of non-ortho nitro benzene ring substituents is 1. The zero-order valence-electron chi connectivity index (χ0n) is 14.1. The van der Waals surface area contributed by atoms with E-state index >= 15 is 0 Å². The predicted molar refractivity (Wildman–Crippen MR) is 97.6 cm³/mol. The Bertz CT molecular complexity index is 912. The molecular formula is C17H19N3O5S. The van der Waals surface area contributed by atoms with Crippen LogP contribution >= 0.6 is 0 Å². The third-order valence-electron chi connectivity index (χ3n) is 3.54. The minimum Gasteiger partial charge on any atom is -0.322 e. The number of anilines is 1. The molecule has 0 bridgehead atoms. The van der Waals surface area contributed by atoms with Gasteiger partial charge in [0.05, 0.1) is 9.82 Å². The quantitative estimate of drug-likeness (QED) is 0.416. The topological polar surface area (TPSA) is 118 Å². The van der Waals surface area contributed by atoms with Gasteiger partial charge in [-0.3, -0.25) is 14.9 Å². The molecule has 0 aromatic heterocycles. The van der Waals surface area contributed by atoms with E-state index in [2.05, 4.69) is 10.0 Å². The number of hydrogen-bond donors (Lipinski definition) is 2. The molecule has 1 amide bonds. The van der Waals surface area contributed by atoms with E-state index in [9.17, 15) is 23.3 Å². The summed E-state index contributed by atoms with van der Waals surface area (Å²) in [6.07, 6.45) is 1.59. The van der Waals surface area contributed by atoms with Crippen LogP contribution in [-0.2, 0) is 10.0 Å². The number of nitro groups is 1. The van der Waals surface area contributed by atoms with E-state index in [-0.39, 0.29) is 21.8 Å². The highest BCUT2D eigenvalue weighted by Gasteiger charge is 2.15. The normalized spacial score (nSPS) is 11.1. The first-order valence-corrected chi connectivity index (χ1v) is 9.47. The summed E-state index contributed by atoms with van der Waals surface area (Å²) >= 11 is 0. The van der Waals surface area contributed by atoms with Gasteiger partial charge in [-0.2, -0.15) is 0 Å². The minimum absolute atomic E-state index is 0.0328. The molecule has 2 rings (SSSR count). The van der Waals surface area contributed by atoms with E-state index in [4.69, 9.17) is 0 Å². The van der Waals surface area contributed by atoms with E-state index in [1.807, 2.05) is 6.92 Å². The lowest BCUT2D eigenvalue weighted by Crippen LogP contribution is -2.24. The zero-order valence-corrected chi connectivity index (χ0v) is 15.0. The van der Waals surface area contributed by atoms with Crippen LogP contribution in [0.25, 0.3) is 0 Å². The Morgan fingerprint density at radius 3 is 2.58 bits per heavy atom. The van der Waals surface area contributed by atoms with Crippen LogP contribution in [0.1, 0.15) is 30.1 Å². The van der Waals surface area contributed by atoms with Crippen molar-refractivity contribution in [3.63, 3.8) is 0 Å². The van der Waals surface area contributed by atoms with Crippen LogP contribution in [0, 0.1) is 10.1 Å². The van der Waals surface area contributed by atoms with Gasteiger partial charge in [-0.25, -0.2) is 13.1 Å². The fraction of sp³-hybridized carbons (Fsp3) is 0.235. The summed E-state index contributed by atoms with van der Waals surface area (Å²) in [5, 5.41) is 13.3. The second-order valence-electron chi connectivity index (χ2n) is 5.54. The number of nitro benzene ring substituents is 1. The molecule has 8 nitrogen and oxygen atoms in total. The third kappa shape index (κ3) is 5.11. The van der Waals surface area contributed by atoms with Gasteiger partial charge >= 0.3 is 0 Å². The van der Waals surface area contributed by atoms with Crippen molar-refractivity contribution < 1.29 is 18.1 Å². The molecule has 0 unspecified atom stereocenters. The van der Waals surface area contributed by atoms with Crippen LogP contribution in [0.4, 0.5) is 11.4 Å². The van der Waals surface area contributed by atoms with E-state index in [1.165, 1.54) is 36.4 Å². The zero-order chi connectivity index (χ0) is 19.2. The van der Waals surface area contributed by atoms with Gasteiger partial charge in [0.2, 0.25) is 10.0 Å². The van der Waals surface area contributed by atoms with Crippen LogP contribution < -0.4 is 10.0 Å². The van der Waals surface area contributed by atoms with E-state index < -0.39 is 20.9 Å². The first-order chi connectivity index (χ1) is 12.3. The molecule has 0 heterocycles. The first kappa shape index (κ1) is 19.5. The van der Waals surface area contributed by atoms with Gasteiger partial charge in [-0.15, -0.1) is 0 Å². The van der Waals surface area contributed by atoms with Crippen molar-refractivity contribution >= 4 is 27.3 Å². The molecule has 0 aliphatic rings. The fourth-order valence-electron chi connectivity index (χ4n) is 2.17. The molecule has 0 spiro atoms. The van der Waals surface area contributed by atoms with Crippen molar-refractivity contribution in [2.45, 2.75) is 24.7 Å². The molecule has 0 atom stereocenters. The molecule has 26 heavy (non-hydrogen) atoms. The van der Waals surface area contributed by atoms with Crippen LogP contribution in [0.2, 0.25) is 0 Å². The minimum atomic E-state index is -3.66. The number of carbonyl (C=O) groups is 1. The lowest BCUT2D eigenvalue weighted by atomic mass is 10.2. The molecule has 0 saturated heterocycles. The van der Waals surface area contributed by atoms with Crippen LogP contribution in [-0.4, -0.2) is 25.8 Å². The van der Waals surface area contributed by atoms with Crippen LogP contribution in [0.5, 0.6) is 0 Å². The molecule has 2 aromatic carbocycles. The van der Waals surface area contributed by atoms with Gasteiger partial charge < -0.3 is 5.32 Å². The lowest BCUT2D eigenvalue weighted by molar-refractivity contribution is -0.384. The van der Waals surface area contributed by atoms with Crippen molar-refractivity contribution in [3.8, 4) is 0 Å². The fourth-order valence-corrected chi connectivity index (χ4v) is 3.29. The monoisotopic (exact) mass is 377 g/mol. The van der Waals surface area contributed by atoms with Crippen molar-refractivity contribution in [1.29, 1.82) is 0 Å². The molecule has 0 aliphatic carbocycles. The van der Waals surface area contributed by atoms with Gasteiger partial charge in [0.1, 0.15) is 0 Å². The molecule has 0 aliphatic heterocycles. The van der Waals surface area contributed by atoms with Crippen LogP contribution in [0.15, 0.2) is 53.4 Å². The van der Waals surface area contributed by atoms with Crippen molar-refractivity contribution in [1.82, 2.24) is 4.72 Å². The number of carbonyl (C=O) groups excluding carboxylic acids is 1. The summed E-state index contributed by atoms with van der Waals surface area (Å²) in [7, 11) is -3.66. The summed E-state index contributed by atoms with van der Waals surface area (Å²) in [4.78, 5) is 22.5. The highest BCUT2D eigenvalue weighted by molar-refractivity contribution is 7.89. The van der Waals surface area contributed by atoms with Gasteiger partial charge in [0, 0.05) is 29.9 Å². The highest BCUT2D eigenvalue weighted by atomic mass is 32.2. The Morgan fingerprint density at radius 1 is 1.15 bits per heavy atom. The lowest BCUT2D eigenvalue weighted by Gasteiger charge is -2.09. The molecular weight excluding hydrogens is 358 g/mol.